The molecule has 0 bridgehead atoms. The Morgan fingerprint density at radius 1 is 1.23 bits per heavy atom. The number of hydrogen-bond acceptors (Lipinski definition) is 1. The third-order valence-electron chi connectivity index (χ3n) is 1.82. The fraction of sp³-hybridized carbons (Fsp3) is 0.727. The Morgan fingerprint density at radius 2 is 2.00 bits per heavy atom. The third-order valence-corrected chi connectivity index (χ3v) is 1.82. The first-order valence-electron chi connectivity index (χ1n) is 5.16. The van der Waals surface area contributed by atoms with Crippen LogP contribution in [-0.2, 0) is 4.79 Å². The molecule has 0 heterocycles. The van der Waals surface area contributed by atoms with Gasteiger partial charge in [0.2, 0.25) is 5.91 Å². The zero-order valence-corrected chi connectivity index (χ0v) is 8.81. The molecule has 0 unspecified atom stereocenters. The largest absolute Gasteiger partial charge is 0.356 e. The Labute approximate surface area is 81.4 Å². The fourth-order valence-corrected chi connectivity index (χ4v) is 1.11. The summed E-state index contributed by atoms with van der Waals surface area (Å²) in [5, 5.41) is 2.79. The second kappa shape index (κ2) is 9.30. The van der Waals surface area contributed by atoms with Crippen molar-refractivity contribution in [1.29, 1.82) is 0 Å². The van der Waals surface area contributed by atoms with Crippen molar-refractivity contribution in [3.8, 4) is 0 Å². The first-order chi connectivity index (χ1) is 6.27. The second-order valence-corrected chi connectivity index (χ2v) is 3.21. The zero-order valence-electron chi connectivity index (χ0n) is 8.81. The molecule has 0 saturated heterocycles. The van der Waals surface area contributed by atoms with Crippen molar-refractivity contribution in [1.82, 2.24) is 5.32 Å². The van der Waals surface area contributed by atoms with E-state index in [4.69, 9.17) is 0 Å². The molecule has 0 fully saturated rings. The lowest BCUT2D eigenvalue weighted by atomic mass is 10.2. The highest BCUT2D eigenvalue weighted by Crippen LogP contribution is 2.00. The first-order valence-corrected chi connectivity index (χ1v) is 5.16. The summed E-state index contributed by atoms with van der Waals surface area (Å²) in [6.45, 7) is 4.53. The number of carbonyl (C=O) groups is 1. The highest BCUT2D eigenvalue weighted by Gasteiger charge is 1.90. The van der Waals surface area contributed by atoms with E-state index in [1.54, 1.807) is 6.92 Å². The van der Waals surface area contributed by atoms with Gasteiger partial charge in [-0.15, -0.1) is 0 Å². The fourth-order valence-electron chi connectivity index (χ4n) is 1.11. The number of unbranched alkanes of at least 4 members (excludes halogenated alkanes) is 3. The van der Waals surface area contributed by atoms with Crippen LogP contribution in [0.4, 0.5) is 0 Å². The number of nitrogens with one attached hydrogen (secondary N) is 1. The van der Waals surface area contributed by atoms with Crippen LogP contribution in [0.15, 0.2) is 12.2 Å². The first kappa shape index (κ1) is 12.2. The molecule has 13 heavy (non-hydrogen) atoms. The topological polar surface area (TPSA) is 29.1 Å². The third kappa shape index (κ3) is 11.2. The van der Waals surface area contributed by atoms with Gasteiger partial charge in [0.25, 0.3) is 0 Å². The van der Waals surface area contributed by atoms with Crippen molar-refractivity contribution in [2.24, 2.45) is 0 Å². The van der Waals surface area contributed by atoms with E-state index in [-0.39, 0.29) is 5.91 Å². The molecule has 76 valence electrons. The van der Waals surface area contributed by atoms with Crippen LogP contribution >= 0.6 is 0 Å². The van der Waals surface area contributed by atoms with Crippen LogP contribution in [0.3, 0.4) is 0 Å². The molecular formula is C11H21NO. The van der Waals surface area contributed by atoms with Crippen LogP contribution in [-0.4, -0.2) is 12.5 Å². The highest BCUT2D eigenvalue weighted by molar-refractivity contribution is 5.72. The van der Waals surface area contributed by atoms with Crippen molar-refractivity contribution >= 4 is 5.91 Å². The van der Waals surface area contributed by atoms with Crippen molar-refractivity contribution < 1.29 is 4.79 Å². The molecule has 0 aliphatic heterocycles. The minimum absolute atomic E-state index is 0.0749. The Hall–Kier alpha value is -0.790. The van der Waals surface area contributed by atoms with Gasteiger partial charge >= 0.3 is 0 Å². The van der Waals surface area contributed by atoms with Gasteiger partial charge in [-0.05, 0) is 25.7 Å². The molecule has 2 nitrogen and oxygen atoms in total. The predicted octanol–water partition coefficient (Wildman–Crippen LogP) is 2.65. The molecule has 2 heteroatoms. The normalized spacial score (nSPS) is 10.6. The maximum atomic E-state index is 10.5. The lowest BCUT2D eigenvalue weighted by Crippen LogP contribution is -2.20. The van der Waals surface area contributed by atoms with Gasteiger partial charge in [0.15, 0.2) is 0 Å². The van der Waals surface area contributed by atoms with Gasteiger partial charge in [-0.25, -0.2) is 0 Å². The van der Waals surface area contributed by atoms with E-state index in [0.29, 0.717) is 0 Å². The van der Waals surface area contributed by atoms with Crippen molar-refractivity contribution in [2.45, 2.75) is 46.0 Å². The van der Waals surface area contributed by atoms with Gasteiger partial charge in [-0.3, -0.25) is 4.79 Å². The number of allylic oxidation sites excluding steroid dienone is 2. The van der Waals surface area contributed by atoms with Gasteiger partial charge in [0.05, 0.1) is 0 Å². The van der Waals surface area contributed by atoms with Crippen LogP contribution in [0.5, 0.6) is 0 Å². The average Bonchev–Trinajstić information content (AvgIpc) is 2.09. The Bertz CT molecular complexity index is 152. The molecule has 0 atom stereocenters. The average molecular weight is 183 g/mol. The number of carbonyl (C=O) groups excluding carboxylic acids is 1. The zero-order chi connectivity index (χ0) is 9.94. The standard InChI is InChI=1S/C11H21NO/c1-3-4-5-6-7-8-9-10-12-11(2)13/h4-5H,3,6-10H2,1-2H3,(H,12,13)/b5-4-. The lowest BCUT2D eigenvalue weighted by molar-refractivity contribution is -0.118. The molecule has 0 saturated carbocycles. The van der Waals surface area contributed by atoms with Crippen LogP contribution in [0.2, 0.25) is 0 Å². The predicted molar refractivity (Wildman–Crippen MR) is 56.6 cm³/mol. The van der Waals surface area contributed by atoms with E-state index < -0.39 is 0 Å². The van der Waals surface area contributed by atoms with Crippen LogP contribution in [0, 0.1) is 0 Å². The molecule has 0 spiro atoms. The summed E-state index contributed by atoms with van der Waals surface area (Å²) in [5.74, 6) is 0.0749. The molecule has 0 aliphatic carbocycles. The van der Waals surface area contributed by atoms with E-state index in [2.05, 4.69) is 24.4 Å². The molecule has 1 amide bonds. The van der Waals surface area contributed by atoms with Crippen molar-refractivity contribution in [2.75, 3.05) is 6.54 Å². The van der Waals surface area contributed by atoms with Crippen LogP contribution < -0.4 is 5.32 Å². The van der Waals surface area contributed by atoms with E-state index >= 15 is 0 Å². The molecule has 0 aliphatic rings. The van der Waals surface area contributed by atoms with Crippen LogP contribution in [0.25, 0.3) is 0 Å². The number of amides is 1. The summed E-state index contributed by atoms with van der Waals surface area (Å²) in [6, 6.07) is 0. The van der Waals surface area contributed by atoms with Gasteiger partial charge in [0, 0.05) is 13.5 Å². The molecule has 0 radical (unpaired) electrons. The minimum atomic E-state index is 0.0749. The van der Waals surface area contributed by atoms with Crippen molar-refractivity contribution in [3.05, 3.63) is 12.2 Å². The quantitative estimate of drug-likeness (QED) is 0.477. The number of rotatable bonds is 7. The maximum Gasteiger partial charge on any atom is 0.216 e. The van der Waals surface area contributed by atoms with E-state index in [0.717, 1.165) is 19.4 Å². The van der Waals surface area contributed by atoms with E-state index in [1.165, 1.54) is 19.3 Å². The Kier molecular flexibility index (Phi) is 8.73. The molecule has 0 aromatic carbocycles. The smallest absolute Gasteiger partial charge is 0.216 e. The molecule has 0 aromatic rings. The lowest BCUT2D eigenvalue weighted by Gasteiger charge is -2.00. The summed E-state index contributed by atoms with van der Waals surface area (Å²) in [4.78, 5) is 10.5. The Balaban J connectivity index is 2.99. The number of hydrogen-bond donors (Lipinski definition) is 1. The summed E-state index contributed by atoms with van der Waals surface area (Å²) in [5.41, 5.74) is 0. The van der Waals surface area contributed by atoms with Gasteiger partial charge in [0.1, 0.15) is 0 Å². The van der Waals surface area contributed by atoms with Gasteiger partial charge in [-0.2, -0.15) is 0 Å². The highest BCUT2D eigenvalue weighted by atomic mass is 16.1. The maximum absolute atomic E-state index is 10.5. The molecule has 1 N–H and O–H groups in total. The molecule has 0 aromatic heterocycles. The van der Waals surface area contributed by atoms with E-state index in [1.807, 2.05) is 0 Å². The summed E-state index contributed by atoms with van der Waals surface area (Å²) in [6.07, 6.45) is 10.3. The summed E-state index contributed by atoms with van der Waals surface area (Å²) in [7, 11) is 0. The monoisotopic (exact) mass is 183 g/mol. The summed E-state index contributed by atoms with van der Waals surface area (Å²) >= 11 is 0. The van der Waals surface area contributed by atoms with Crippen molar-refractivity contribution in [3.63, 3.8) is 0 Å². The SMILES string of the molecule is CC/C=C\CCCCCNC(C)=O. The van der Waals surface area contributed by atoms with Gasteiger partial charge in [-0.1, -0.05) is 25.5 Å². The molecular weight excluding hydrogens is 162 g/mol. The van der Waals surface area contributed by atoms with Crippen LogP contribution in [0.1, 0.15) is 46.0 Å². The molecule has 0 rings (SSSR count). The van der Waals surface area contributed by atoms with Gasteiger partial charge < -0.3 is 5.32 Å². The second-order valence-electron chi connectivity index (χ2n) is 3.21. The van der Waals surface area contributed by atoms with E-state index in [9.17, 15) is 4.79 Å². The summed E-state index contributed by atoms with van der Waals surface area (Å²) < 4.78 is 0. The Morgan fingerprint density at radius 3 is 2.62 bits per heavy atom. The minimum Gasteiger partial charge on any atom is -0.356 e.